The molecule has 1 aliphatic heterocycles. The SMILES string of the molecule is NCc1ccc(-c2nc(C3CSCCO3)no2)o1. The molecule has 0 bridgehead atoms. The van der Waals surface area contributed by atoms with Gasteiger partial charge in [-0.25, -0.2) is 0 Å². The Kier molecular flexibility index (Phi) is 3.35. The summed E-state index contributed by atoms with van der Waals surface area (Å²) in [5.74, 6) is 4.03. The Labute approximate surface area is 108 Å². The summed E-state index contributed by atoms with van der Waals surface area (Å²) >= 11 is 1.82. The third-order valence-corrected chi connectivity index (χ3v) is 3.61. The summed E-state index contributed by atoms with van der Waals surface area (Å²) in [6, 6.07) is 3.57. The lowest BCUT2D eigenvalue weighted by atomic mass is 10.3. The highest BCUT2D eigenvalue weighted by Crippen LogP contribution is 2.27. The normalized spacial score (nSPS) is 20.2. The van der Waals surface area contributed by atoms with Crippen LogP contribution in [-0.2, 0) is 11.3 Å². The van der Waals surface area contributed by atoms with Gasteiger partial charge in [0.15, 0.2) is 5.76 Å². The molecule has 0 aromatic carbocycles. The fourth-order valence-electron chi connectivity index (χ4n) is 1.71. The molecule has 2 aromatic rings. The van der Waals surface area contributed by atoms with E-state index in [2.05, 4.69) is 10.1 Å². The minimum Gasteiger partial charge on any atom is -0.455 e. The maximum Gasteiger partial charge on any atom is 0.293 e. The summed E-state index contributed by atoms with van der Waals surface area (Å²) in [6.07, 6.45) is -0.0924. The number of aromatic nitrogens is 2. The summed E-state index contributed by atoms with van der Waals surface area (Å²) in [6.45, 7) is 1.07. The van der Waals surface area contributed by atoms with Crippen molar-refractivity contribution in [1.82, 2.24) is 10.1 Å². The van der Waals surface area contributed by atoms with Crippen LogP contribution in [0.2, 0.25) is 0 Å². The van der Waals surface area contributed by atoms with Crippen LogP contribution in [0.4, 0.5) is 0 Å². The van der Waals surface area contributed by atoms with Crippen LogP contribution in [0.15, 0.2) is 21.1 Å². The first-order chi connectivity index (χ1) is 8.86. The Morgan fingerprint density at radius 2 is 2.39 bits per heavy atom. The van der Waals surface area contributed by atoms with E-state index in [0.29, 0.717) is 29.8 Å². The zero-order chi connectivity index (χ0) is 12.4. The van der Waals surface area contributed by atoms with Crippen LogP contribution in [0.5, 0.6) is 0 Å². The number of hydrogen-bond donors (Lipinski definition) is 1. The fraction of sp³-hybridized carbons (Fsp3) is 0.455. The van der Waals surface area contributed by atoms with Crippen molar-refractivity contribution in [2.75, 3.05) is 18.1 Å². The lowest BCUT2D eigenvalue weighted by Crippen LogP contribution is -2.16. The average Bonchev–Trinajstić information content (AvgIpc) is 3.08. The van der Waals surface area contributed by atoms with E-state index in [1.807, 2.05) is 11.8 Å². The van der Waals surface area contributed by atoms with Gasteiger partial charge in [-0.05, 0) is 12.1 Å². The molecule has 0 amide bonds. The number of rotatable bonds is 3. The predicted molar refractivity (Wildman–Crippen MR) is 65.9 cm³/mol. The molecule has 0 aliphatic carbocycles. The first-order valence-corrected chi connectivity index (χ1v) is 6.84. The number of hydrogen-bond acceptors (Lipinski definition) is 7. The Morgan fingerprint density at radius 3 is 3.11 bits per heavy atom. The first-order valence-electron chi connectivity index (χ1n) is 5.69. The van der Waals surface area contributed by atoms with Crippen molar-refractivity contribution >= 4 is 11.8 Å². The summed E-state index contributed by atoms with van der Waals surface area (Å²) in [4.78, 5) is 4.30. The van der Waals surface area contributed by atoms with Gasteiger partial charge in [0.25, 0.3) is 5.89 Å². The van der Waals surface area contributed by atoms with Crippen LogP contribution in [0.3, 0.4) is 0 Å². The highest BCUT2D eigenvalue weighted by Gasteiger charge is 2.23. The Hall–Kier alpha value is -1.31. The van der Waals surface area contributed by atoms with Crippen LogP contribution in [0.25, 0.3) is 11.7 Å². The van der Waals surface area contributed by atoms with Gasteiger partial charge in [-0.3, -0.25) is 0 Å². The van der Waals surface area contributed by atoms with Gasteiger partial charge >= 0.3 is 0 Å². The maximum atomic E-state index is 5.58. The molecule has 1 saturated heterocycles. The monoisotopic (exact) mass is 267 g/mol. The van der Waals surface area contributed by atoms with Gasteiger partial charge in [0.05, 0.1) is 13.2 Å². The summed E-state index contributed by atoms with van der Waals surface area (Å²) in [5.41, 5.74) is 5.48. The molecule has 0 radical (unpaired) electrons. The van der Waals surface area contributed by atoms with Crippen molar-refractivity contribution < 1.29 is 13.7 Å². The number of thioether (sulfide) groups is 1. The summed E-state index contributed by atoms with van der Waals surface area (Å²) in [5, 5.41) is 3.94. The Morgan fingerprint density at radius 1 is 1.44 bits per heavy atom. The van der Waals surface area contributed by atoms with Gasteiger partial charge in [-0.15, -0.1) is 0 Å². The minimum absolute atomic E-state index is 0.0924. The second kappa shape index (κ2) is 5.13. The molecule has 0 saturated carbocycles. The largest absolute Gasteiger partial charge is 0.455 e. The van der Waals surface area contributed by atoms with E-state index in [4.69, 9.17) is 19.4 Å². The zero-order valence-corrected chi connectivity index (χ0v) is 10.5. The number of nitrogens with two attached hydrogens (primary N) is 1. The van der Waals surface area contributed by atoms with Crippen molar-refractivity contribution in [1.29, 1.82) is 0 Å². The van der Waals surface area contributed by atoms with Crippen LogP contribution < -0.4 is 5.73 Å². The highest BCUT2D eigenvalue weighted by atomic mass is 32.2. The molecule has 3 heterocycles. The topological polar surface area (TPSA) is 87.3 Å². The van der Waals surface area contributed by atoms with E-state index in [1.165, 1.54) is 0 Å². The third-order valence-electron chi connectivity index (χ3n) is 2.62. The van der Waals surface area contributed by atoms with Gasteiger partial charge in [0.2, 0.25) is 5.82 Å². The molecule has 96 valence electrons. The van der Waals surface area contributed by atoms with E-state index >= 15 is 0 Å². The molecule has 3 rings (SSSR count). The standard InChI is InChI=1S/C11H13N3O3S/c12-5-7-1-2-8(16-7)11-13-10(14-17-11)9-6-18-4-3-15-9/h1-2,9H,3-6,12H2. The molecule has 1 unspecified atom stereocenters. The number of nitrogens with zero attached hydrogens (tertiary/aromatic N) is 2. The molecule has 1 atom stereocenters. The fourth-order valence-corrected chi connectivity index (χ4v) is 2.55. The van der Waals surface area contributed by atoms with Crippen LogP contribution in [0.1, 0.15) is 17.7 Å². The summed E-state index contributed by atoms with van der Waals surface area (Å²) in [7, 11) is 0. The average molecular weight is 267 g/mol. The Balaban J connectivity index is 1.79. The first kappa shape index (κ1) is 11.8. The summed E-state index contributed by atoms with van der Waals surface area (Å²) < 4.78 is 16.2. The zero-order valence-electron chi connectivity index (χ0n) is 9.67. The maximum absolute atomic E-state index is 5.58. The van der Waals surface area contributed by atoms with Crippen molar-refractivity contribution in [3.63, 3.8) is 0 Å². The quantitative estimate of drug-likeness (QED) is 0.903. The molecule has 1 fully saturated rings. The minimum atomic E-state index is -0.0924. The van der Waals surface area contributed by atoms with Crippen LogP contribution in [0, 0.1) is 0 Å². The molecule has 18 heavy (non-hydrogen) atoms. The molecule has 2 N–H and O–H groups in total. The van der Waals surface area contributed by atoms with E-state index in [0.717, 1.165) is 18.1 Å². The second-order valence-electron chi connectivity index (χ2n) is 3.86. The van der Waals surface area contributed by atoms with E-state index in [9.17, 15) is 0 Å². The number of ether oxygens (including phenoxy) is 1. The molecule has 2 aromatic heterocycles. The van der Waals surface area contributed by atoms with Crippen molar-refractivity contribution in [2.45, 2.75) is 12.6 Å². The van der Waals surface area contributed by atoms with Crippen molar-refractivity contribution in [2.24, 2.45) is 5.73 Å². The molecule has 7 heteroatoms. The van der Waals surface area contributed by atoms with Gasteiger partial charge in [0.1, 0.15) is 11.9 Å². The molecule has 0 spiro atoms. The van der Waals surface area contributed by atoms with Gasteiger partial charge in [0, 0.05) is 11.5 Å². The molecular formula is C11H13N3O3S. The van der Waals surface area contributed by atoms with Crippen LogP contribution in [-0.4, -0.2) is 28.3 Å². The van der Waals surface area contributed by atoms with Gasteiger partial charge in [-0.2, -0.15) is 16.7 Å². The second-order valence-corrected chi connectivity index (χ2v) is 5.01. The van der Waals surface area contributed by atoms with Gasteiger partial charge < -0.3 is 19.4 Å². The van der Waals surface area contributed by atoms with E-state index in [1.54, 1.807) is 12.1 Å². The number of furan rings is 1. The Bertz CT molecular complexity index is 519. The van der Waals surface area contributed by atoms with E-state index < -0.39 is 0 Å². The third kappa shape index (κ3) is 2.29. The lowest BCUT2D eigenvalue weighted by molar-refractivity contribution is 0.0677. The van der Waals surface area contributed by atoms with E-state index in [-0.39, 0.29) is 6.10 Å². The molecule has 1 aliphatic rings. The van der Waals surface area contributed by atoms with Gasteiger partial charge in [-0.1, -0.05) is 5.16 Å². The predicted octanol–water partition coefficient (Wildman–Crippen LogP) is 1.59. The molecule has 6 nitrogen and oxygen atoms in total. The van der Waals surface area contributed by atoms with Crippen molar-refractivity contribution in [3.8, 4) is 11.7 Å². The highest BCUT2D eigenvalue weighted by molar-refractivity contribution is 7.99. The van der Waals surface area contributed by atoms with Crippen molar-refractivity contribution in [3.05, 3.63) is 23.7 Å². The molecular weight excluding hydrogens is 254 g/mol. The smallest absolute Gasteiger partial charge is 0.293 e. The van der Waals surface area contributed by atoms with Crippen LogP contribution >= 0.6 is 11.8 Å². The lowest BCUT2D eigenvalue weighted by Gasteiger charge is -2.18.